The van der Waals surface area contributed by atoms with Crippen LogP contribution in [0.5, 0.6) is 28.7 Å². The number of amides is 4. The third kappa shape index (κ3) is 9.29. The maximum absolute atomic E-state index is 14.7. The Balaban J connectivity index is 0.990. The van der Waals surface area contributed by atoms with Gasteiger partial charge < -0.3 is 60.7 Å². The summed E-state index contributed by atoms with van der Waals surface area (Å²) in [7, 11) is 3.08. The van der Waals surface area contributed by atoms with Gasteiger partial charge in [0, 0.05) is 58.5 Å². The van der Waals surface area contributed by atoms with Crippen molar-refractivity contribution in [3.05, 3.63) is 112 Å². The number of ether oxygens (including phenoxy) is 6. The molecule has 5 unspecified atom stereocenters. The summed E-state index contributed by atoms with van der Waals surface area (Å²) in [4.78, 5) is 69.9. The molecule has 0 saturated heterocycles. The number of aliphatic hydroxyl groups is 2. The zero-order valence-electron chi connectivity index (χ0n) is 45.8. The minimum absolute atomic E-state index is 0.0315. The van der Waals surface area contributed by atoms with Crippen LogP contribution >= 0.6 is 0 Å². The Kier molecular flexibility index (Phi) is 13.5. The molecule has 8 atom stereocenters. The Bertz CT molecular complexity index is 3170. The van der Waals surface area contributed by atoms with Crippen LogP contribution in [0, 0.1) is 0 Å². The summed E-state index contributed by atoms with van der Waals surface area (Å²) < 4.78 is 36.9. The molecular formula is C58H70N8O12. The fourth-order valence-electron chi connectivity index (χ4n) is 12.1. The van der Waals surface area contributed by atoms with Crippen LogP contribution < -0.4 is 45.8 Å². The topological polar surface area (TPSA) is 271 Å². The second-order valence-corrected chi connectivity index (χ2v) is 23.0. The molecule has 0 saturated carbocycles. The van der Waals surface area contributed by atoms with Gasteiger partial charge in [-0.3, -0.25) is 29.0 Å². The molecule has 20 nitrogen and oxygen atoms in total. The number of hydrogen-bond donors (Lipinski definition) is 6. The fraction of sp³-hybridized carbons (Fsp3) is 0.483. The van der Waals surface area contributed by atoms with Gasteiger partial charge in [0.2, 0.25) is 11.8 Å². The third-order valence-corrected chi connectivity index (χ3v) is 16.4. The van der Waals surface area contributed by atoms with Gasteiger partial charge in [-0.15, -0.1) is 0 Å². The molecule has 4 aromatic carbocycles. The van der Waals surface area contributed by atoms with Gasteiger partial charge in [0.15, 0.2) is 17.5 Å². The van der Waals surface area contributed by atoms with Gasteiger partial charge in [-0.05, 0) is 103 Å². The largest absolute Gasteiger partial charge is 0.497 e. The van der Waals surface area contributed by atoms with Crippen molar-refractivity contribution in [1.82, 2.24) is 20.4 Å². The van der Waals surface area contributed by atoms with Crippen molar-refractivity contribution in [1.29, 1.82) is 0 Å². The van der Waals surface area contributed by atoms with Crippen LogP contribution in [0.15, 0.2) is 82.8 Å². The molecule has 8 N–H and O–H groups in total. The Morgan fingerprint density at radius 2 is 1.41 bits per heavy atom. The predicted molar refractivity (Wildman–Crippen MR) is 288 cm³/mol. The molecular weight excluding hydrogens is 1000 g/mol. The van der Waals surface area contributed by atoms with Gasteiger partial charge in [0.05, 0.1) is 55.8 Å². The quantitative estimate of drug-likeness (QED) is 0.0930. The van der Waals surface area contributed by atoms with E-state index in [2.05, 4.69) is 15.6 Å². The first-order chi connectivity index (χ1) is 36.9. The van der Waals surface area contributed by atoms with Gasteiger partial charge in [0.1, 0.15) is 64.8 Å². The monoisotopic (exact) mass is 1070 g/mol. The number of fused-ring (bicyclic) bond motifs is 4. The standard InChI is InChI=1S/C58H70N8O12/c1-11-58(12-2)27-44(68)65(53(60)64-58)38-25-42(76-39-20-16-30(22-36(38)39)51(71)62-47-34-19-18-32(74-10)24-41(34)75-28-56(47,7)72)33-14-13-15-35-45(49(69)55(5,6)78-46(33)35)61-50(70)31-17-21-40-37(23-31)48(57(8,77-40)29-73-9)66-43(67)26-54(3,4)63-52(66)59/h13-24,38,42,45,47-49,69,72H,11-12,25-29H2,1-10H3,(H2,59,63)(H2,60,64)(H,61,70)(H,62,71)/t38-,42?,45-,47?,48?,49+,56?,57?/m1/s1. The second kappa shape index (κ2) is 19.5. The highest BCUT2D eigenvalue weighted by atomic mass is 16.5. The number of aliphatic hydroxyl groups excluding tert-OH is 1. The lowest BCUT2D eigenvalue weighted by Crippen LogP contribution is -2.57. The van der Waals surface area contributed by atoms with Gasteiger partial charge >= 0.3 is 0 Å². The van der Waals surface area contributed by atoms with E-state index < -0.39 is 76.1 Å². The minimum atomic E-state index is -1.48. The number of benzene rings is 4. The summed E-state index contributed by atoms with van der Waals surface area (Å²) in [5.74, 6) is 0.777. The Hall–Kier alpha value is -7.42. The van der Waals surface area contributed by atoms with Crippen LogP contribution in [0.3, 0.4) is 0 Å². The summed E-state index contributed by atoms with van der Waals surface area (Å²) in [6, 6.07) is 17.1. The number of carbonyl (C=O) groups is 4. The number of methoxy groups -OCH3 is 2. The number of carbonyl (C=O) groups excluding carboxylic acids is 4. The van der Waals surface area contributed by atoms with E-state index >= 15 is 0 Å². The third-order valence-electron chi connectivity index (χ3n) is 16.4. The first kappa shape index (κ1) is 54.0. The number of guanidine groups is 2. The Morgan fingerprint density at radius 1 is 0.756 bits per heavy atom. The highest BCUT2D eigenvalue weighted by Crippen LogP contribution is 2.52. The highest BCUT2D eigenvalue weighted by molar-refractivity contribution is 6.01. The summed E-state index contributed by atoms with van der Waals surface area (Å²) in [5, 5.41) is 29.8. The second-order valence-electron chi connectivity index (χ2n) is 23.0. The number of nitrogens with one attached hydrogen (secondary N) is 2. The molecule has 0 radical (unpaired) electrons. The number of hydrogen-bond acceptors (Lipinski definition) is 16. The summed E-state index contributed by atoms with van der Waals surface area (Å²) in [6.45, 7) is 14.5. The van der Waals surface area contributed by atoms with E-state index in [1.54, 1.807) is 94.6 Å². The molecule has 0 aliphatic carbocycles. The van der Waals surface area contributed by atoms with Crippen molar-refractivity contribution in [3.63, 3.8) is 0 Å². The highest BCUT2D eigenvalue weighted by Gasteiger charge is 2.54. The average molecular weight is 1070 g/mol. The molecule has 78 heavy (non-hydrogen) atoms. The van der Waals surface area contributed by atoms with Crippen LogP contribution in [-0.4, -0.2) is 117 Å². The Labute approximate surface area is 453 Å². The fourth-order valence-corrected chi connectivity index (χ4v) is 12.1. The molecule has 4 aromatic rings. The molecule has 6 heterocycles. The van der Waals surface area contributed by atoms with Crippen molar-refractivity contribution in [2.75, 3.05) is 27.4 Å². The number of para-hydroxylation sites is 1. The molecule has 0 bridgehead atoms. The molecule has 10 rings (SSSR count). The van der Waals surface area contributed by atoms with Crippen molar-refractivity contribution >= 4 is 35.5 Å². The average Bonchev–Trinajstić information content (AvgIpc) is 3.69. The van der Waals surface area contributed by atoms with Crippen molar-refractivity contribution in [2.24, 2.45) is 21.5 Å². The zero-order valence-corrected chi connectivity index (χ0v) is 45.8. The molecule has 4 amide bonds. The maximum atomic E-state index is 14.7. The lowest BCUT2D eigenvalue weighted by Gasteiger charge is -2.45. The molecule has 0 spiro atoms. The summed E-state index contributed by atoms with van der Waals surface area (Å²) in [6.07, 6.45) is -0.523. The molecule has 0 aromatic heterocycles. The number of rotatable bonds is 12. The first-order valence-electron chi connectivity index (χ1n) is 26.5. The van der Waals surface area contributed by atoms with Gasteiger partial charge in [-0.25, -0.2) is 9.98 Å². The predicted octanol–water partition coefficient (Wildman–Crippen LogP) is 6.15. The summed E-state index contributed by atoms with van der Waals surface area (Å²) in [5.41, 5.74) is 11.3. The van der Waals surface area contributed by atoms with Crippen molar-refractivity contribution in [2.45, 2.75) is 152 Å². The molecule has 0 fully saturated rings. The minimum Gasteiger partial charge on any atom is -0.497 e. The van der Waals surface area contributed by atoms with E-state index in [0.717, 1.165) is 0 Å². The lowest BCUT2D eigenvalue weighted by molar-refractivity contribution is -0.135. The lowest BCUT2D eigenvalue weighted by atomic mass is 9.82. The number of aliphatic imine (C=N–C) groups is 2. The van der Waals surface area contributed by atoms with E-state index in [9.17, 15) is 29.4 Å². The van der Waals surface area contributed by atoms with E-state index in [4.69, 9.17) is 44.9 Å². The number of nitrogens with zero attached hydrogens (tertiary/aromatic N) is 4. The van der Waals surface area contributed by atoms with E-state index in [-0.39, 0.29) is 67.3 Å². The van der Waals surface area contributed by atoms with Gasteiger partial charge in [-0.1, -0.05) is 32.0 Å². The van der Waals surface area contributed by atoms with Gasteiger partial charge in [0.25, 0.3) is 11.8 Å². The van der Waals surface area contributed by atoms with Crippen LogP contribution in [-0.2, 0) is 14.3 Å². The van der Waals surface area contributed by atoms with Crippen LogP contribution in [0.4, 0.5) is 0 Å². The van der Waals surface area contributed by atoms with Crippen molar-refractivity contribution in [3.8, 4) is 28.7 Å². The SMILES string of the molecule is CCC1(CC)CC(=O)N([C@@H]2CC(c3cccc4c3OC(C)(C)[C@@H](O)[C@@H]4NC(=O)c3ccc4c(c3)C(N3C(=O)CC(C)(C)N=C3N)C(C)(COC)O4)Oc3ccc(C(=O)NC4c5ccc(OC)cc5OCC4(C)O)cc32)C(N)=N1. The van der Waals surface area contributed by atoms with Crippen LogP contribution in [0.25, 0.3) is 0 Å². The molecule has 20 heteroatoms. The zero-order chi connectivity index (χ0) is 56.0. The van der Waals surface area contributed by atoms with Gasteiger partial charge in [-0.2, -0.15) is 0 Å². The van der Waals surface area contributed by atoms with Crippen LogP contribution in [0.1, 0.15) is 166 Å². The molecule has 6 aliphatic heterocycles. The van der Waals surface area contributed by atoms with E-state index in [0.29, 0.717) is 69.4 Å². The van der Waals surface area contributed by atoms with Crippen LogP contribution in [0.2, 0.25) is 0 Å². The maximum Gasteiger partial charge on any atom is 0.251 e. The molecule has 414 valence electrons. The van der Waals surface area contributed by atoms with Crippen molar-refractivity contribution < 1.29 is 57.8 Å². The molecule has 6 aliphatic rings. The van der Waals surface area contributed by atoms with E-state index in [1.807, 2.05) is 40.7 Å². The summed E-state index contributed by atoms with van der Waals surface area (Å²) >= 11 is 0. The first-order valence-corrected chi connectivity index (χ1v) is 26.5. The van der Waals surface area contributed by atoms with E-state index in [1.165, 1.54) is 16.9 Å². The normalized spacial score (nSPS) is 28.2. The number of nitrogens with two attached hydrogens (primary N) is 2. The smallest absolute Gasteiger partial charge is 0.251 e. The Morgan fingerprint density at radius 3 is 2.08 bits per heavy atom.